The van der Waals surface area contributed by atoms with Crippen LogP contribution in [0.4, 0.5) is 5.82 Å². The van der Waals surface area contributed by atoms with Crippen molar-refractivity contribution in [3.63, 3.8) is 0 Å². The van der Waals surface area contributed by atoms with E-state index in [0.717, 1.165) is 49.9 Å². The Hall–Kier alpha value is -1.50. The van der Waals surface area contributed by atoms with Gasteiger partial charge in [0.15, 0.2) is 0 Å². The molecule has 4 heterocycles. The van der Waals surface area contributed by atoms with E-state index in [2.05, 4.69) is 14.8 Å². The highest BCUT2D eigenvalue weighted by Gasteiger charge is 2.34. The minimum absolute atomic E-state index is 0.219. The summed E-state index contributed by atoms with van der Waals surface area (Å²) in [6, 6.07) is 7.07. The lowest BCUT2D eigenvalue weighted by Crippen LogP contribution is -2.61. The second-order valence-electron chi connectivity index (χ2n) is 8.62. The number of hydrogen-bond donors (Lipinski definition) is 1. The molecule has 148 valence electrons. The summed E-state index contributed by atoms with van der Waals surface area (Å²) < 4.78 is 0. The Morgan fingerprint density at radius 3 is 2.67 bits per heavy atom. The van der Waals surface area contributed by atoms with Gasteiger partial charge in [0.25, 0.3) is 0 Å². The van der Waals surface area contributed by atoms with Gasteiger partial charge in [0.2, 0.25) is 5.91 Å². The van der Waals surface area contributed by atoms with Crippen LogP contribution >= 0.6 is 0 Å². The molecule has 1 amide bonds. The number of piperidine rings is 2. The van der Waals surface area contributed by atoms with Crippen molar-refractivity contribution in [2.75, 3.05) is 44.2 Å². The van der Waals surface area contributed by atoms with Gasteiger partial charge in [-0.3, -0.25) is 14.6 Å². The SMILES string of the molecule is Cc1cccc(N2CC(CCN3CC(N4CCC(N)CC4)C3)CCC2=O)n1. The first-order valence-electron chi connectivity index (χ1n) is 10.5. The molecule has 6 nitrogen and oxygen atoms in total. The molecular formula is C21H33N5O. The van der Waals surface area contributed by atoms with Crippen LogP contribution in [-0.4, -0.2) is 72.0 Å². The van der Waals surface area contributed by atoms with E-state index in [-0.39, 0.29) is 5.91 Å². The molecule has 3 aliphatic heterocycles. The molecule has 1 unspecified atom stereocenters. The Balaban J connectivity index is 1.22. The lowest BCUT2D eigenvalue weighted by Gasteiger charge is -2.48. The Morgan fingerprint density at radius 1 is 1.15 bits per heavy atom. The average molecular weight is 372 g/mol. The number of rotatable bonds is 5. The highest BCUT2D eigenvalue weighted by Crippen LogP contribution is 2.26. The molecule has 0 spiro atoms. The fourth-order valence-corrected chi connectivity index (χ4v) is 4.66. The zero-order valence-electron chi connectivity index (χ0n) is 16.5. The zero-order chi connectivity index (χ0) is 18.8. The maximum absolute atomic E-state index is 12.4. The third kappa shape index (κ3) is 4.50. The largest absolute Gasteiger partial charge is 0.328 e. The second kappa shape index (κ2) is 8.25. The number of hydrogen-bond acceptors (Lipinski definition) is 5. The summed E-state index contributed by atoms with van der Waals surface area (Å²) in [6.45, 7) is 8.68. The number of anilines is 1. The van der Waals surface area contributed by atoms with Crippen molar-refractivity contribution in [3.8, 4) is 0 Å². The molecule has 0 bridgehead atoms. The lowest BCUT2D eigenvalue weighted by atomic mass is 9.93. The third-order valence-corrected chi connectivity index (χ3v) is 6.54. The van der Waals surface area contributed by atoms with Crippen molar-refractivity contribution in [1.29, 1.82) is 0 Å². The molecule has 0 aliphatic carbocycles. The van der Waals surface area contributed by atoms with E-state index in [9.17, 15) is 4.79 Å². The molecule has 0 radical (unpaired) electrons. The van der Waals surface area contributed by atoms with Crippen molar-refractivity contribution < 1.29 is 4.79 Å². The van der Waals surface area contributed by atoms with Crippen LogP contribution < -0.4 is 10.6 Å². The highest BCUT2D eigenvalue weighted by molar-refractivity contribution is 5.93. The summed E-state index contributed by atoms with van der Waals surface area (Å²) in [6.07, 6.45) is 5.14. The molecule has 3 fully saturated rings. The molecule has 1 atom stereocenters. The topological polar surface area (TPSA) is 65.7 Å². The number of carbonyl (C=O) groups excluding carboxylic acids is 1. The van der Waals surface area contributed by atoms with Crippen molar-refractivity contribution in [2.45, 2.75) is 51.1 Å². The Bertz CT molecular complexity index is 652. The second-order valence-corrected chi connectivity index (χ2v) is 8.62. The van der Waals surface area contributed by atoms with Gasteiger partial charge in [-0.15, -0.1) is 0 Å². The predicted molar refractivity (Wildman–Crippen MR) is 108 cm³/mol. The molecule has 2 N–H and O–H groups in total. The molecule has 0 saturated carbocycles. The summed E-state index contributed by atoms with van der Waals surface area (Å²) in [5, 5.41) is 0. The van der Waals surface area contributed by atoms with Gasteiger partial charge in [0, 0.05) is 56.9 Å². The Kier molecular flexibility index (Phi) is 5.76. The minimum Gasteiger partial charge on any atom is -0.328 e. The number of nitrogens with zero attached hydrogens (tertiary/aromatic N) is 4. The number of carbonyl (C=O) groups is 1. The van der Waals surface area contributed by atoms with Gasteiger partial charge < -0.3 is 10.6 Å². The Labute approximate surface area is 162 Å². The third-order valence-electron chi connectivity index (χ3n) is 6.54. The molecule has 1 aromatic rings. The fourth-order valence-electron chi connectivity index (χ4n) is 4.66. The molecule has 27 heavy (non-hydrogen) atoms. The van der Waals surface area contributed by atoms with Crippen LogP contribution in [0.2, 0.25) is 0 Å². The minimum atomic E-state index is 0.219. The van der Waals surface area contributed by atoms with Gasteiger partial charge >= 0.3 is 0 Å². The number of pyridine rings is 1. The summed E-state index contributed by atoms with van der Waals surface area (Å²) in [5.41, 5.74) is 6.98. The van der Waals surface area contributed by atoms with E-state index >= 15 is 0 Å². The summed E-state index contributed by atoms with van der Waals surface area (Å²) in [7, 11) is 0. The van der Waals surface area contributed by atoms with Crippen LogP contribution in [0.15, 0.2) is 18.2 Å². The predicted octanol–water partition coefficient (Wildman–Crippen LogP) is 1.63. The van der Waals surface area contributed by atoms with Gasteiger partial charge in [0.1, 0.15) is 5.82 Å². The molecule has 1 aromatic heterocycles. The summed E-state index contributed by atoms with van der Waals surface area (Å²) in [4.78, 5) is 24.0. The highest BCUT2D eigenvalue weighted by atomic mass is 16.2. The average Bonchev–Trinajstić information content (AvgIpc) is 2.63. The van der Waals surface area contributed by atoms with E-state index in [4.69, 9.17) is 5.73 Å². The van der Waals surface area contributed by atoms with Crippen LogP contribution in [0.3, 0.4) is 0 Å². The van der Waals surface area contributed by atoms with Crippen molar-refractivity contribution in [3.05, 3.63) is 23.9 Å². The van der Waals surface area contributed by atoms with Gasteiger partial charge in [-0.2, -0.15) is 0 Å². The maximum Gasteiger partial charge on any atom is 0.228 e. The van der Waals surface area contributed by atoms with Gasteiger partial charge in [-0.25, -0.2) is 4.98 Å². The van der Waals surface area contributed by atoms with Crippen molar-refractivity contribution >= 4 is 11.7 Å². The molecule has 3 aliphatic rings. The smallest absolute Gasteiger partial charge is 0.228 e. The van der Waals surface area contributed by atoms with Crippen LogP contribution in [0.5, 0.6) is 0 Å². The summed E-state index contributed by atoms with van der Waals surface area (Å²) >= 11 is 0. The van der Waals surface area contributed by atoms with E-state index in [1.54, 1.807) is 0 Å². The maximum atomic E-state index is 12.4. The fraction of sp³-hybridized carbons (Fsp3) is 0.714. The first-order chi connectivity index (χ1) is 13.1. The van der Waals surface area contributed by atoms with Crippen molar-refractivity contribution in [2.24, 2.45) is 11.7 Å². The van der Waals surface area contributed by atoms with Crippen LogP contribution in [0.25, 0.3) is 0 Å². The molecule has 4 rings (SSSR count). The van der Waals surface area contributed by atoms with Crippen LogP contribution in [0.1, 0.15) is 37.8 Å². The summed E-state index contributed by atoms with van der Waals surface area (Å²) in [5.74, 6) is 1.62. The number of aryl methyl sites for hydroxylation is 1. The van der Waals surface area contributed by atoms with Crippen LogP contribution in [0, 0.1) is 12.8 Å². The molecule has 3 saturated heterocycles. The van der Waals surface area contributed by atoms with Gasteiger partial charge in [0.05, 0.1) is 0 Å². The lowest BCUT2D eigenvalue weighted by molar-refractivity contribution is -0.120. The number of amides is 1. The van der Waals surface area contributed by atoms with Gasteiger partial charge in [-0.05, 0) is 57.2 Å². The molecule has 6 heteroatoms. The quantitative estimate of drug-likeness (QED) is 0.852. The first-order valence-corrected chi connectivity index (χ1v) is 10.5. The standard InChI is InChI=1S/C21H33N5O/c1-16-3-2-4-20(23-16)26-13-17(5-6-21(26)27)7-10-24-14-19(15-24)25-11-8-18(22)9-12-25/h2-4,17-19H,5-15,22H2,1H3. The normalized spacial score (nSPS) is 26.4. The van der Waals surface area contributed by atoms with E-state index in [1.807, 2.05) is 30.0 Å². The van der Waals surface area contributed by atoms with Gasteiger partial charge in [-0.1, -0.05) is 6.07 Å². The molecular weight excluding hydrogens is 338 g/mol. The molecule has 0 aromatic carbocycles. The Morgan fingerprint density at radius 2 is 1.93 bits per heavy atom. The first kappa shape index (κ1) is 18.8. The van der Waals surface area contributed by atoms with Crippen molar-refractivity contribution in [1.82, 2.24) is 14.8 Å². The monoisotopic (exact) mass is 371 g/mol. The number of nitrogens with two attached hydrogens (primary N) is 1. The number of aromatic nitrogens is 1. The van der Waals surface area contributed by atoms with E-state index in [0.29, 0.717) is 18.4 Å². The van der Waals surface area contributed by atoms with E-state index in [1.165, 1.54) is 32.6 Å². The zero-order valence-corrected chi connectivity index (χ0v) is 16.5. The van der Waals surface area contributed by atoms with E-state index < -0.39 is 0 Å². The number of likely N-dealkylation sites (tertiary alicyclic amines) is 2. The van der Waals surface area contributed by atoms with Crippen LogP contribution in [-0.2, 0) is 4.79 Å².